The van der Waals surface area contributed by atoms with Gasteiger partial charge in [-0.05, 0) is 34.6 Å². The average Bonchev–Trinajstić information content (AvgIpc) is 2.28. The van der Waals surface area contributed by atoms with E-state index in [0.29, 0.717) is 6.42 Å². The smallest absolute Gasteiger partial charge is 0.424 e. The van der Waals surface area contributed by atoms with Gasteiger partial charge in [-0.2, -0.15) is 4.89 Å². The molecule has 1 rings (SSSR count). The Bertz CT molecular complexity index is 315. The Hall–Kier alpha value is -0.890. The Morgan fingerprint density at radius 2 is 1.95 bits per heavy atom. The second-order valence-electron chi connectivity index (χ2n) is 5.99. The van der Waals surface area contributed by atoms with Gasteiger partial charge in [0.15, 0.2) is 11.9 Å². The molecule has 1 atom stereocenters. The van der Waals surface area contributed by atoms with Crippen molar-refractivity contribution in [3.05, 3.63) is 0 Å². The first-order valence-electron chi connectivity index (χ1n) is 6.62. The highest BCUT2D eigenvalue weighted by atomic mass is 17.2. The second-order valence-corrected chi connectivity index (χ2v) is 5.99. The van der Waals surface area contributed by atoms with Gasteiger partial charge in [0.2, 0.25) is 0 Å². The molecular weight excluding hydrogens is 268 g/mol. The van der Waals surface area contributed by atoms with E-state index in [4.69, 9.17) is 19.1 Å². The lowest BCUT2D eigenvalue weighted by Gasteiger charge is -2.34. The Morgan fingerprint density at radius 3 is 2.45 bits per heavy atom. The fourth-order valence-electron chi connectivity index (χ4n) is 1.79. The highest BCUT2D eigenvalue weighted by Gasteiger charge is 2.31. The standard InChI is InChI=1S/C13H24O7/c1-9(14)6-12(2,3)20-19-11(15)18-10-7-16-13(4,5)17-8-10/h9-10,14H,6-8H2,1-5H3. The summed E-state index contributed by atoms with van der Waals surface area (Å²) in [6.45, 7) is 9.05. The molecule has 0 aromatic rings. The van der Waals surface area contributed by atoms with E-state index in [9.17, 15) is 9.90 Å². The third-order valence-corrected chi connectivity index (χ3v) is 2.62. The fraction of sp³-hybridized carbons (Fsp3) is 0.923. The van der Waals surface area contributed by atoms with Gasteiger partial charge >= 0.3 is 6.16 Å². The number of hydrogen-bond acceptors (Lipinski definition) is 7. The monoisotopic (exact) mass is 292 g/mol. The van der Waals surface area contributed by atoms with Crippen LogP contribution in [0.1, 0.15) is 41.0 Å². The van der Waals surface area contributed by atoms with Gasteiger partial charge in [-0.3, -0.25) is 4.89 Å². The van der Waals surface area contributed by atoms with Crippen LogP contribution in [0.5, 0.6) is 0 Å². The van der Waals surface area contributed by atoms with Crippen LogP contribution in [0.15, 0.2) is 0 Å². The van der Waals surface area contributed by atoms with E-state index in [-0.39, 0.29) is 13.2 Å². The van der Waals surface area contributed by atoms with E-state index in [2.05, 4.69) is 4.89 Å². The quantitative estimate of drug-likeness (QED) is 0.469. The summed E-state index contributed by atoms with van der Waals surface area (Å²) in [7, 11) is 0. The third kappa shape index (κ3) is 6.51. The van der Waals surface area contributed by atoms with Crippen LogP contribution < -0.4 is 0 Å². The van der Waals surface area contributed by atoms with Gasteiger partial charge < -0.3 is 19.3 Å². The van der Waals surface area contributed by atoms with Gasteiger partial charge in [-0.1, -0.05) is 0 Å². The number of hydrogen-bond donors (Lipinski definition) is 1. The zero-order chi connectivity index (χ0) is 15.4. The SMILES string of the molecule is CC(O)CC(C)(C)OOC(=O)OC1COC(C)(C)OC1. The summed E-state index contributed by atoms with van der Waals surface area (Å²) in [6, 6.07) is 0. The lowest BCUT2D eigenvalue weighted by molar-refractivity contribution is -0.330. The van der Waals surface area contributed by atoms with E-state index in [1.54, 1.807) is 34.6 Å². The molecule has 0 aliphatic carbocycles. The first kappa shape index (κ1) is 17.2. The highest BCUT2D eigenvalue weighted by Crippen LogP contribution is 2.20. The minimum atomic E-state index is -0.958. The third-order valence-electron chi connectivity index (χ3n) is 2.62. The van der Waals surface area contributed by atoms with Crippen LogP contribution in [0.25, 0.3) is 0 Å². The zero-order valence-corrected chi connectivity index (χ0v) is 12.7. The van der Waals surface area contributed by atoms with Crippen LogP contribution in [-0.4, -0.2) is 48.1 Å². The molecular formula is C13H24O7. The van der Waals surface area contributed by atoms with Crippen LogP contribution in [-0.2, 0) is 24.0 Å². The molecule has 1 fully saturated rings. The van der Waals surface area contributed by atoms with Crippen LogP contribution in [0.3, 0.4) is 0 Å². The van der Waals surface area contributed by atoms with Gasteiger partial charge in [0.25, 0.3) is 0 Å². The summed E-state index contributed by atoms with van der Waals surface area (Å²) in [5.74, 6) is -0.667. The largest absolute Gasteiger partial charge is 0.540 e. The molecule has 0 radical (unpaired) electrons. The van der Waals surface area contributed by atoms with Gasteiger partial charge in [-0.15, -0.1) is 0 Å². The zero-order valence-electron chi connectivity index (χ0n) is 12.7. The first-order valence-corrected chi connectivity index (χ1v) is 6.62. The number of aliphatic hydroxyl groups is 1. The van der Waals surface area contributed by atoms with Crippen molar-refractivity contribution in [1.29, 1.82) is 0 Å². The lowest BCUT2D eigenvalue weighted by atomic mass is 10.0. The van der Waals surface area contributed by atoms with Crippen molar-refractivity contribution in [2.24, 2.45) is 0 Å². The van der Waals surface area contributed by atoms with Crippen molar-refractivity contribution >= 4 is 6.16 Å². The topological polar surface area (TPSA) is 83.5 Å². The maximum absolute atomic E-state index is 11.5. The molecule has 1 N–H and O–H groups in total. The molecule has 20 heavy (non-hydrogen) atoms. The van der Waals surface area contributed by atoms with Crippen LogP contribution in [0.2, 0.25) is 0 Å². The Labute approximate surface area is 119 Å². The van der Waals surface area contributed by atoms with Crippen LogP contribution in [0, 0.1) is 0 Å². The van der Waals surface area contributed by atoms with Gasteiger partial charge in [0, 0.05) is 6.42 Å². The van der Waals surface area contributed by atoms with Crippen molar-refractivity contribution in [3.63, 3.8) is 0 Å². The molecule has 1 saturated heterocycles. The van der Waals surface area contributed by atoms with E-state index >= 15 is 0 Å². The molecule has 0 aromatic carbocycles. The molecule has 1 heterocycles. The summed E-state index contributed by atoms with van der Waals surface area (Å²) in [6.07, 6.45) is -1.73. The molecule has 0 bridgehead atoms. The minimum Gasteiger partial charge on any atom is -0.424 e. The van der Waals surface area contributed by atoms with Crippen LogP contribution >= 0.6 is 0 Å². The number of carbonyl (C=O) groups is 1. The summed E-state index contributed by atoms with van der Waals surface area (Å²) in [4.78, 5) is 21.0. The maximum atomic E-state index is 11.5. The van der Waals surface area contributed by atoms with Crippen molar-refractivity contribution in [1.82, 2.24) is 0 Å². The molecule has 0 amide bonds. The molecule has 1 aliphatic rings. The van der Waals surface area contributed by atoms with Gasteiger partial charge in [-0.25, -0.2) is 4.79 Å². The van der Waals surface area contributed by atoms with Crippen molar-refractivity contribution in [2.45, 2.75) is 64.6 Å². The highest BCUT2D eigenvalue weighted by molar-refractivity contribution is 5.59. The molecule has 7 heteroatoms. The Morgan fingerprint density at radius 1 is 1.40 bits per heavy atom. The summed E-state index contributed by atoms with van der Waals surface area (Å²) >= 11 is 0. The molecule has 0 spiro atoms. The number of carbonyl (C=O) groups excluding carboxylic acids is 1. The van der Waals surface area contributed by atoms with Crippen molar-refractivity contribution in [2.75, 3.05) is 13.2 Å². The predicted molar refractivity (Wildman–Crippen MR) is 68.8 cm³/mol. The molecule has 1 aliphatic heterocycles. The predicted octanol–water partition coefficient (Wildman–Crippen LogP) is 1.77. The maximum Gasteiger partial charge on any atom is 0.540 e. The van der Waals surface area contributed by atoms with Crippen molar-refractivity contribution in [3.8, 4) is 0 Å². The molecule has 0 aromatic heterocycles. The molecule has 1 unspecified atom stereocenters. The minimum absolute atomic E-state index is 0.235. The van der Waals surface area contributed by atoms with E-state index < -0.39 is 29.8 Å². The van der Waals surface area contributed by atoms with E-state index in [0.717, 1.165) is 0 Å². The first-order chi connectivity index (χ1) is 9.10. The van der Waals surface area contributed by atoms with Crippen molar-refractivity contribution < 1.29 is 33.9 Å². The van der Waals surface area contributed by atoms with Crippen LogP contribution in [0.4, 0.5) is 4.79 Å². The Balaban J connectivity index is 2.27. The molecule has 7 nitrogen and oxygen atoms in total. The van der Waals surface area contributed by atoms with Gasteiger partial charge in [0.05, 0.1) is 19.3 Å². The molecule has 0 saturated carbocycles. The van der Waals surface area contributed by atoms with Gasteiger partial charge in [0.1, 0.15) is 5.60 Å². The van der Waals surface area contributed by atoms with E-state index in [1.807, 2.05) is 0 Å². The average molecular weight is 292 g/mol. The summed E-state index contributed by atoms with van der Waals surface area (Å²) in [5, 5.41) is 9.28. The number of rotatable bonds is 5. The molecule has 118 valence electrons. The normalized spacial score (nSPS) is 21.3. The number of ether oxygens (including phenoxy) is 3. The Kier molecular flexibility index (Phi) is 5.76. The van der Waals surface area contributed by atoms with E-state index in [1.165, 1.54) is 0 Å². The lowest BCUT2D eigenvalue weighted by Crippen LogP contribution is -2.44. The summed E-state index contributed by atoms with van der Waals surface area (Å²) in [5.41, 5.74) is -0.797. The fourth-order valence-corrected chi connectivity index (χ4v) is 1.79. The second kappa shape index (κ2) is 6.71. The summed E-state index contributed by atoms with van der Waals surface area (Å²) < 4.78 is 15.7. The number of aliphatic hydroxyl groups excluding tert-OH is 1.